The highest BCUT2D eigenvalue weighted by molar-refractivity contribution is 6.30. The number of nitrogens with one attached hydrogen (secondary N) is 1. The Balaban J connectivity index is 1.94. The lowest BCUT2D eigenvalue weighted by Gasteiger charge is -2.15. The second-order valence-electron chi connectivity index (χ2n) is 5.08. The Kier molecular flexibility index (Phi) is 4.24. The van der Waals surface area contributed by atoms with E-state index in [9.17, 15) is 19.1 Å². The molecule has 0 saturated carbocycles. The molecule has 0 fully saturated rings. The van der Waals surface area contributed by atoms with Crippen molar-refractivity contribution in [3.63, 3.8) is 0 Å². The summed E-state index contributed by atoms with van der Waals surface area (Å²) in [5.74, 6) is -2.48. The van der Waals surface area contributed by atoms with Gasteiger partial charge in [0, 0.05) is 6.20 Å². The van der Waals surface area contributed by atoms with Crippen LogP contribution in [0.15, 0.2) is 36.7 Å². The molecule has 8 nitrogen and oxygen atoms in total. The molecule has 3 aromatic rings. The number of hydrogen-bond acceptors (Lipinski definition) is 5. The number of aliphatic carboxylic acids is 1. The standard InChI is InChI=1S/C15H11ClFN5O3/c16-9-5-7(1-2-10(9)17)12(15(24)25)21-14(23)8-6-20-22-11(18)3-4-19-13(8)22/h1-6,12H,18H2,(H,21,23)(H,24,25). The molecule has 0 aliphatic rings. The van der Waals surface area contributed by atoms with Crippen molar-refractivity contribution in [3.8, 4) is 0 Å². The van der Waals surface area contributed by atoms with E-state index in [2.05, 4.69) is 15.4 Å². The van der Waals surface area contributed by atoms with Gasteiger partial charge in [-0.15, -0.1) is 0 Å². The number of amides is 1. The Labute approximate surface area is 145 Å². The van der Waals surface area contributed by atoms with Crippen molar-refractivity contribution in [2.75, 3.05) is 5.73 Å². The van der Waals surface area contributed by atoms with Gasteiger partial charge >= 0.3 is 5.97 Å². The Morgan fingerprint density at radius 1 is 1.36 bits per heavy atom. The number of carbonyl (C=O) groups excluding carboxylic acids is 1. The van der Waals surface area contributed by atoms with Crippen molar-refractivity contribution in [1.82, 2.24) is 19.9 Å². The zero-order chi connectivity index (χ0) is 18.1. The molecule has 3 rings (SSSR count). The van der Waals surface area contributed by atoms with Crippen LogP contribution in [0.2, 0.25) is 5.02 Å². The van der Waals surface area contributed by atoms with Gasteiger partial charge < -0.3 is 16.2 Å². The fourth-order valence-electron chi connectivity index (χ4n) is 2.26. The third kappa shape index (κ3) is 3.09. The average molecular weight is 364 g/mol. The van der Waals surface area contributed by atoms with Crippen LogP contribution in [-0.4, -0.2) is 31.6 Å². The van der Waals surface area contributed by atoms with Crippen LogP contribution in [-0.2, 0) is 4.79 Å². The number of fused-ring (bicyclic) bond motifs is 1. The molecule has 0 radical (unpaired) electrons. The molecule has 1 atom stereocenters. The number of carboxylic acids is 1. The van der Waals surface area contributed by atoms with E-state index in [1.807, 2.05) is 0 Å². The highest BCUT2D eigenvalue weighted by Gasteiger charge is 2.25. The number of carboxylic acid groups (broad SMARTS) is 1. The topological polar surface area (TPSA) is 123 Å². The van der Waals surface area contributed by atoms with Gasteiger partial charge in [0.25, 0.3) is 5.91 Å². The zero-order valence-corrected chi connectivity index (χ0v) is 13.2. The van der Waals surface area contributed by atoms with Crippen LogP contribution in [0.25, 0.3) is 5.65 Å². The summed E-state index contributed by atoms with van der Waals surface area (Å²) >= 11 is 5.68. The fraction of sp³-hybridized carbons (Fsp3) is 0.0667. The normalized spacial score (nSPS) is 12.1. The lowest BCUT2D eigenvalue weighted by atomic mass is 10.1. The number of carbonyl (C=O) groups is 2. The second kappa shape index (κ2) is 6.36. The van der Waals surface area contributed by atoms with Crippen LogP contribution in [0.5, 0.6) is 0 Å². The van der Waals surface area contributed by atoms with Crippen molar-refractivity contribution in [3.05, 3.63) is 58.6 Å². The van der Waals surface area contributed by atoms with E-state index in [1.165, 1.54) is 29.0 Å². The van der Waals surface area contributed by atoms with Crippen molar-refractivity contribution in [2.45, 2.75) is 6.04 Å². The summed E-state index contributed by atoms with van der Waals surface area (Å²) in [4.78, 5) is 28.0. The summed E-state index contributed by atoms with van der Waals surface area (Å²) in [5.41, 5.74) is 6.07. The number of nitrogens with zero attached hydrogens (tertiary/aromatic N) is 3. The monoisotopic (exact) mass is 363 g/mol. The molecule has 0 aliphatic heterocycles. The molecule has 0 saturated heterocycles. The average Bonchev–Trinajstić information content (AvgIpc) is 3.00. The van der Waals surface area contributed by atoms with Gasteiger partial charge in [0.2, 0.25) is 0 Å². The SMILES string of the molecule is Nc1ccnc2c(C(=O)NC(C(=O)O)c3ccc(F)c(Cl)c3)cnn12. The van der Waals surface area contributed by atoms with E-state index in [4.69, 9.17) is 17.3 Å². The number of hydrogen-bond donors (Lipinski definition) is 3. The molecule has 25 heavy (non-hydrogen) atoms. The van der Waals surface area contributed by atoms with Gasteiger partial charge in [-0.2, -0.15) is 9.61 Å². The molecule has 0 spiro atoms. The Hall–Kier alpha value is -3.20. The quantitative estimate of drug-likeness (QED) is 0.648. The van der Waals surface area contributed by atoms with Gasteiger partial charge in [0.1, 0.15) is 17.2 Å². The van der Waals surface area contributed by atoms with Crippen LogP contribution >= 0.6 is 11.6 Å². The summed E-state index contributed by atoms with van der Waals surface area (Å²) < 4.78 is 14.5. The zero-order valence-electron chi connectivity index (χ0n) is 12.5. The number of benzene rings is 1. The number of halogens is 2. The molecule has 128 valence electrons. The molecule has 0 aliphatic carbocycles. The van der Waals surface area contributed by atoms with Gasteiger partial charge in [-0.25, -0.2) is 14.2 Å². The van der Waals surface area contributed by atoms with Crippen molar-refractivity contribution < 1.29 is 19.1 Å². The Morgan fingerprint density at radius 2 is 2.12 bits per heavy atom. The molecular formula is C15H11ClFN5O3. The summed E-state index contributed by atoms with van der Waals surface area (Å²) in [6.45, 7) is 0. The minimum absolute atomic E-state index is 0.0479. The van der Waals surface area contributed by atoms with Crippen LogP contribution in [0.1, 0.15) is 22.0 Å². The first-order valence-electron chi connectivity index (χ1n) is 6.95. The van der Waals surface area contributed by atoms with Crippen LogP contribution in [0.3, 0.4) is 0 Å². The van der Waals surface area contributed by atoms with E-state index in [0.717, 1.165) is 12.1 Å². The first kappa shape index (κ1) is 16.7. The highest BCUT2D eigenvalue weighted by Crippen LogP contribution is 2.22. The minimum atomic E-state index is -1.43. The molecule has 2 aromatic heterocycles. The predicted molar refractivity (Wildman–Crippen MR) is 86.7 cm³/mol. The van der Waals surface area contributed by atoms with Crippen molar-refractivity contribution in [1.29, 1.82) is 0 Å². The first-order valence-corrected chi connectivity index (χ1v) is 7.33. The maximum atomic E-state index is 13.3. The molecule has 4 N–H and O–H groups in total. The predicted octanol–water partition coefficient (Wildman–Crippen LogP) is 1.66. The second-order valence-corrected chi connectivity index (χ2v) is 5.49. The van der Waals surface area contributed by atoms with Crippen LogP contribution in [0, 0.1) is 5.82 Å². The molecule has 2 heterocycles. The molecular weight excluding hydrogens is 353 g/mol. The molecule has 1 aromatic carbocycles. The number of aromatic nitrogens is 3. The lowest BCUT2D eigenvalue weighted by Crippen LogP contribution is -2.33. The summed E-state index contributed by atoms with van der Waals surface area (Å²) in [5, 5.41) is 15.4. The summed E-state index contributed by atoms with van der Waals surface area (Å²) in [7, 11) is 0. The van der Waals surface area contributed by atoms with E-state index < -0.39 is 23.7 Å². The van der Waals surface area contributed by atoms with E-state index in [0.29, 0.717) is 0 Å². The number of rotatable bonds is 4. The van der Waals surface area contributed by atoms with Gasteiger partial charge in [0.15, 0.2) is 11.7 Å². The minimum Gasteiger partial charge on any atom is -0.479 e. The number of nitrogen functional groups attached to an aromatic ring is 1. The molecule has 1 amide bonds. The lowest BCUT2D eigenvalue weighted by molar-refractivity contribution is -0.139. The fourth-order valence-corrected chi connectivity index (χ4v) is 2.45. The van der Waals surface area contributed by atoms with E-state index in [1.54, 1.807) is 0 Å². The highest BCUT2D eigenvalue weighted by atomic mass is 35.5. The van der Waals surface area contributed by atoms with Gasteiger partial charge in [-0.1, -0.05) is 17.7 Å². The summed E-state index contributed by atoms with van der Waals surface area (Å²) in [6.07, 6.45) is 2.63. The van der Waals surface area contributed by atoms with E-state index >= 15 is 0 Å². The first-order chi connectivity index (χ1) is 11.9. The maximum Gasteiger partial charge on any atom is 0.330 e. The molecule has 1 unspecified atom stereocenters. The molecule has 10 heteroatoms. The third-order valence-electron chi connectivity index (χ3n) is 3.47. The molecule has 0 bridgehead atoms. The Morgan fingerprint density at radius 3 is 2.80 bits per heavy atom. The van der Waals surface area contributed by atoms with Crippen molar-refractivity contribution in [2.24, 2.45) is 0 Å². The number of anilines is 1. The van der Waals surface area contributed by atoms with Gasteiger partial charge in [-0.05, 0) is 23.8 Å². The largest absolute Gasteiger partial charge is 0.479 e. The van der Waals surface area contributed by atoms with Crippen LogP contribution < -0.4 is 11.1 Å². The number of nitrogens with two attached hydrogens (primary N) is 1. The smallest absolute Gasteiger partial charge is 0.330 e. The van der Waals surface area contributed by atoms with Gasteiger partial charge in [0.05, 0.1) is 11.2 Å². The van der Waals surface area contributed by atoms with Crippen LogP contribution in [0.4, 0.5) is 10.2 Å². The van der Waals surface area contributed by atoms with Gasteiger partial charge in [-0.3, -0.25) is 4.79 Å². The maximum absolute atomic E-state index is 13.3. The van der Waals surface area contributed by atoms with Crippen molar-refractivity contribution >= 4 is 34.9 Å². The Bertz CT molecular complexity index is 990. The van der Waals surface area contributed by atoms with E-state index in [-0.39, 0.29) is 27.6 Å². The summed E-state index contributed by atoms with van der Waals surface area (Å²) in [6, 6.07) is 3.47. The third-order valence-corrected chi connectivity index (χ3v) is 3.76.